The van der Waals surface area contributed by atoms with Crippen LogP contribution < -0.4 is 5.73 Å². The summed E-state index contributed by atoms with van der Waals surface area (Å²) in [4.78, 5) is 14.7. The molecule has 3 aliphatic rings. The molecule has 0 radical (unpaired) electrons. The van der Waals surface area contributed by atoms with E-state index in [1.807, 2.05) is 0 Å². The minimum atomic E-state index is -3.66. The van der Waals surface area contributed by atoms with Gasteiger partial charge in [0.05, 0.1) is 10.8 Å². The Morgan fingerprint density at radius 1 is 1.04 bits per heavy atom. The van der Waals surface area contributed by atoms with E-state index in [4.69, 9.17) is 5.73 Å². The Morgan fingerprint density at radius 2 is 1.63 bits per heavy atom. The minimum absolute atomic E-state index is 0. The molecule has 1 aliphatic heterocycles. The first-order valence-corrected chi connectivity index (χ1v) is 10.6. The maximum atomic E-state index is 13.0. The fraction of sp³-hybridized carbons (Fsp3) is 0.611. The van der Waals surface area contributed by atoms with Crippen molar-refractivity contribution in [3.63, 3.8) is 0 Å². The van der Waals surface area contributed by atoms with Crippen LogP contribution >= 0.6 is 12.4 Å². The lowest BCUT2D eigenvalue weighted by Gasteiger charge is -2.38. The van der Waals surface area contributed by atoms with E-state index < -0.39 is 15.8 Å². The molecular formula is C18H25ClFN3O3S. The third kappa shape index (κ3) is 3.60. The first-order valence-electron chi connectivity index (χ1n) is 9.18. The Hall–Kier alpha value is -1.22. The van der Waals surface area contributed by atoms with Crippen LogP contribution in [0.15, 0.2) is 29.2 Å². The fourth-order valence-electron chi connectivity index (χ4n) is 4.82. The van der Waals surface area contributed by atoms with Crippen LogP contribution in [0.5, 0.6) is 0 Å². The summed E-state index contributed by atoms with van der Waals surface area (Å²) in [6.45, 7) is 1.25. The highest BCUT2D eigenvalue weighted by atomic mass is 35.5. The molecule has 1 heterocycles. The number of halogens is 2. The lowest BCUT2D eigenvalue weighted by Crippen LogP contribution is -2.54. The number of rotatable bonds is 3. The van der Waals surface area contributed by atoms with Crippen LogP contribution in [0.1, 0.15) is 19.3 Å². The molecule has 27 heavy (non-hydrogen) atoms. The van der Waals surface area contributed by atoms with E-state index in [9.17, 15) is 17.6 Å². The number of hydrogen-bond donors (Lipinski definition) is 1. The van der Waals surface area contributed by atoms with Crippen LogP contribution in [0, 0.1) is 23.6 Å². The van der Waals surface area contributed by atoms with Gasteiger partial charge in [0.1, 0.15) is 5.82 Å². The quantitative estimate of drug-likeness (QED) is 0.806. The minimum Gasteiger partial charge on any atom is -0.340 e. The lowest BCUT2D eigenvalue weighted by molar-refractivity contribution is -0.139. The monoisotopic (exact) mass is 417 g/mol. The molecule has 4 atom stereocenters. The second kappa shape index (κ2) is 7.66. The zero-order valence-corrected chi connectivity index (χ0v) is 16.6. The number of sulfonamides is 1. The van der Waals surface area contributed by atoms with Gasteiger partial charge in [-0.05, 0) is 55.4 Å². The van der Waals surface area contributed by atoms with E-state index in [0.29, 0.717) is 24.9 Å². The van der Waals surface area contributed by atoms with E-state index in [2.05, 4.69) is 0 Å². The fourth-order valence-corrected chi connectivity index (χ4v) is 6.24. The van der Waals surface area contributed by atoms with Crippen molar-refractivity contribution >= 4 is 28.3 Å². The molecule has 150 valence electrons. The third-order valence-corrected chi connectivity index (χ3v) is 8.18. The van der Waals surface area contributed by atoms with Gasteiger partial charge in [0.2, 0.25) is 15.9 Å². The Kier molecular flexibility index (Phi) is 5.82. The average Bonchev–Trinajstić information content (AvgIpc) is 3.23. The molecule has 3 fully saturated rings. The van der Waals surface area contributed by atoms with Crippen LogP contribution in [-0.2, 0) is 14.8 Å². The van der Waals surface area contributed by atoms with Gasteiger partial charge < -0.3 is 10.6 Å². The zero-order chi connectivity index (χ0) is 18.5. The summed E-state index contributed by atoms with van der Waals surface area (Å²) in [7, 11) is -3.66. The Bertz CT molecular complexity index is 795. The molecule has 2 bridgehead atoms. The molecular weight excluding hydrogens is 393 g/mol. The van der Waals surface area contributed by atoms with Crippen molar-refractivity contribution in [1.29, 1.82) is 0 Å². The molecule has 2 saturated carbocycles. The first-order chi connectivity index (χ1) is 12.4. The highest BCUT2D eigenvalue weighted by molar-refractivity contribution is 7.89. The number of fused-ring (bicyclic) bond motifs is 2. The van der Waals surface area contributed by atoms with Gasteiger partial charge in [-0.25, -0.2) is 12.8 Å². The van der Waals surface area contributed by atoms with Crippen molar-refractivity contribution in [2.45, 2.75) is 30.2 Å². The summed E-state index contributed by atoms with van der Waals surface area (Å²) >= 11 is 0. The number of nitrogens with zero attached hydrogens (tertiary/aromatic N) is 2. The number of benzene rings is 1. The second-order valence-electron chi connectivity index (χ2n) is 7.62. The van der Waals surface area contributed by atoms with Crippen LogP contribution in [0.4, 0.5) is 4.39 Å². The molecule has 0 spiro atoms. The van der Waals surface area contributed by atoms with E-state index in [1.54, 1.807) is 4.90 Å². The number of piperazine rings is 1. The number of amides is 1. The normalized spacial score (nSPS) is 31.0. The van der Waals surface area contributed by atoms with Gasteiger partial charge in [-0.15, -0.1) is 12.4 Å². The molecule has 6 nitrogen and oxygen atoms in total. The molecule has 1 amide bonds. The van der Waals surface area contributed by atoms with E-state index in [0.717, 1.165) is 31.4 Å². The Balaban J connectivity index is 0.00000210. The van der Waals surface area contributed by atoms with Crippen LogP contribution in [-0.4, -0.2) is 55.8 Å². The zero-order valence-electron chi connectivity index (χ0n) is 15.0. The third-order valence-electron chi connectivity index (χ3n) is 6.27. The standard InChI is InChI=1S/C18H24FN3O3S.ClH/c19-14-3-5-15(6-4-14)26(24,25)22-9-7-21(8-10-22)18(23)16-12-1-2-13(11-12)17(16)20;/h3-6,12-13,16-17H,1-2,7-11,20H2;1H. The predicted molar refractivity (Wildman–Crippen MR) is 101 cm³/mol. The SMILES string of the molecule is Cl.NC1C2CCC(C2)C1C(=O)N1CCN(S(=O)(=O)c2ccc(F)cc2)CC1. The first kappa shape index (κ1) is 20.5. The average molecular weight is 418 g/mol. The Morgan fingerprint density at radius 3 is 2.19 bits per heavy atom. The smallest absolute Gasteiger partial charge is 0.243 e. The van der Waals surface area contributed by atoms with Crippen molar-refractivity contribution in [3.8, 4) is 0 Å². The van der Waals surface area contributed by atoms with Crippen molar-refractivity contribution in [2.24, 2.45) is 23.5 Å². The summed E-state index contributed by atoms with van der Waals surface area (Å²) < 4.78 is 39.7. The topological polar surface area (TPSA) is 83.7 Å². The maximum absolute atomic E-state index is 13.0. The van der Waals surface area contributed by atoms with Gasteiger partial charge in [0.15, 0.2) is 0 Å². The van der Waals surface area contributed by atoms with Crippen molar-refractivity contribution in [2.75, 3.05) is 26.2 Å². The van der Waals surface area contributed by atoms with Gasteiger partial charge in [-0.2, -0.15) is 4.31 Å². The molecule has 4 rings (SSSR count). The second-order valence-corrected chi connectivity index (χ2v) is 9.56. The summed E-state index contributed by atoms with van der Waals surface area (Å²) in [5.41, 5.74) is 6.27. The molecule has 2 aliphatic carbocycles. The molecule has 1 aromatic carbocycles. The van der Waals surface area contributed by atoms with Crippen molar-refractivity contribution in [3.05, 3.63) is 30.1 Å². The van der Waals surface area contributed by atoms with Crippen LogP contribution in [0.2, 0.25) is 0 Å². The highest BCUT2D eigenvalue weighted by Crippen LogP contribution is 2.48. The molecule has 4 unspecified atom stereocenters. The van der Waals surface area contributed by atoms with Gasteiger partial charge in [-0.1, -0.05) is 0 Å². The molecule has 2 N–H and O–H groups in total. The Labute approximate surface area is 165 Å². The predicted octanol–water partition coefficient (Wildman–Crippen LogP) is 1.45. The van der Waals surface area contributed by atoms with Crippen LogP contribution in [0.25, 0.3) is 0 Å². The van der Waals surface area contributed by atoms with Gasteiger partial charge in [0, 0.05) is 32.2 Å². The summed E-state index contributed by atoms with van der Waals surface area (Å²) in [5.74, 6) is 0.372. The summed E-state index contributed by atoms with van der Waals surface area (Å²) in [6, 6.07) is 4.78. The van der Waals surface area contributed by atoms with Crippen molar-refractivity contribution < 1.29 is 17.6 Å². The molecule has 1 saturated heterocycles. The largest absolute Gasteiger partial charge is 0.340 e. The summed E-state index contributed by atoms with van der Waals surface area (Å²) in [5, 5.41) is 0. The number of hydrogen-bond acceptors (Lipinski definition) is 4. The van der Waals surface area contributed by atoms with E-state index >= 15 is 0 Å². The maximum Gasteiger partial charge on any atom is 0.243 e. The van der Waals surface area contributed by atoms with E-state index in [-0.39, 0.29) is 48.3 Å². The van der Waals surface area contributed by atoms with Gasteiger partial charge >= 0.3 is 0 Å². The van der Waals surface area contributed by atoms with Gasteiger partial charge in [0.25, 0.3) is 0 Å². The highest BCUT2D eigenvalue weighted by Gasteiger charge is 2.50. The molecule has 1 aromatic rings. The lowest BCUT2D eigenvalue weighted by atomic mass is 9.84. The van der Waals surface area contributed by atoms with Crippen molar-refractivity contribution in [1.82, 2.24) is 9.21 Å². The van der Waals surface area contributed by atoms with E-state index in [1.165, 1.54) is 16.4 Å². The summed E-state index contributed by atoms with van der Waals surface area (Å²) in [6.07, 6.45) is 3.25. The molecule has 9 heteroatoms. The number of carbonyl (C=O) groups excluding carboxylic acids is 1. The van der Waals surface area contributed by atoms with Crippen LogP contribution in [0.3, 0.4) is 0 Å². The number of nitrogens with two attached hydrogens (primary N) is 1. The van der Waals surface area contributed by atoms with Gasteiger partial charge in [-0.3, -0.25) is 4.79 Å². The number of carbonyl (C=O) groups is 1. The molecule has 0 aromatic heterocycles.